The second-order valence-corrected chi connectivity index (χ2v) is 7.42. The molecule has 1 saturated heterocycles. The van der Waals surface area contributed by atoms with Crippen LogP contribution in [0.3, 0.4) is 0 Å². The fraction of sp³-hybridized carbons (Fsp3) is 0.200. The normalized spacial score (nSPS) is 18.1. The number of methoxy groups -OCH3 is 1. The van der Waals surface area contributed by atoms with Crippen molar-refractivity contribution < 1.29 is 23.8 Å². The van der Waals surface area contributed by atoms with E-state index in [4.69, 9.17) is 4.74 Å². The number of benzene rings is 3. The number of fused-ring (bicyclic) bond motifs is 1. The van der Waals surface area contributed by atoms with Gasteiger partial charge in [0.05, 0.1) is 11.6 Å². The highest BCUT2D eigenvalue weighted by Crippen LogP contribution is 2.40. The van der Waals surface area contributed by atoms with Gasteiger partial charge >= 0.3 is 0 Å². The van der Waals surface area contributed by atoms with Crippen LogP contribution in [0.4, 0.5) is 4.39 Å². The summed E-state index contributed by atoms with van der Waals surface area (Å²) in [6.07, 6.45) is 0.523. The molecule has 1 aliphatic rings. The van der Waals surface area contributed by atoms with Gasteiger partial charge in [0.2, 0.25) is 0 Å². The molecule has 0 saturated carbocycles. The van der Waals surface area contributed by atoms with Crippen molar-refractivity contribution in [3.63, 3.8) is 0 Å². The van der Waals surface area contributed by atoms with Gasteiger partial charge in [-0.3, -0.25) is 9.59 Å². The Morgan fingerprint density at radius 1 is 1.03 bits per heavy atom. The van der Waals surface area contributed by atoms with Gasteiger partial charge in [0.25, 0.3) is 11.7 Å². The lowest BCUT2D eigenvalue weighted by molar-refractivity contribution is -0.140. The number of aliphatic hydroxyl groups excluding tert-OH is 1. The Kier molecular flexibility index (Phi) is 5.82. The van der Waals surface area contributed by atoms with Crippen LogP contribution in [0.1, 0.15) is 23.6 Å². The maximum Gasteiger partial charge on any atom is 0.295 e. The van der Waals surface area contributed by atoms with Crippen LogP contribution in [-0.4, -0.2) is 42.0 Å². The molecule has 31 heavy (non-hydrogen) atoms. The van der Waals surface area contributed by atoms with Crippen LogP contribution in [-0.2, 0) is 14.3 Å². The number of halogens is 1. The average molecular weight is 419 g/mol. The molecule has 1 fully saturated rings. The van der Waals surface area contributed by atoms with E-state index in [0.29, 0.717) is 24.2 Å². The Morgan fingerprint density at radius 3 is 2.48 bits per heavy atom. The third-order valence-electron chi connectivity index (χ3n) is 5.52. The Balaban J connectivity index is 1.89. The lowest BCUT2D eigenvalue weighted by Crippen LogP contribution is -2.31. The number of nitrogens with zero attached hydrogens (tertiary/aromatic N) is 1. The first-order valence-electron chi connectivity index (χ1n) is 10.0. The lowest BCUT2D eigenvalue weighted by Gasteiger charge is -2.25. The number of hydrogen-bond donors (Lipinski definition) is 1. The van der Waals surface area contributed by atoms with Crippen molar-refractivity contribution >= 4 is 28.2 Å². The van der Waals surface area contributed by atoms with Crippen molar-refractivity contribution in [3.05, 3.63) is 89.2 Å². The van der Waals surface area contributed by atoms with Crippen molar-refractivity contribution in [2.75, 3.05) is 20.3 Å². The first-order chi connectivity index (χ1) is 15.0. The number of likely N-dealkylation sites (tertiary alicyclic amines) is 1. The third-order valence-corrected chi connectivity index (χ3v) is 5.52. The number of carbonyl (C=O) groups excluding carboxylic acids is 2. The molecule has 158 valence electrons. The molecule has 1 N–H and O–H groups in total. The van der Waals surface area contributed by atoms with E-state index in [0.717, 1.165) is 10.8 Å². The molecular formula is C25H22FNO4. The Morgan fingerprint density at radius 2 is 1.74 bits per heavy atom. The molecule has 0 radical (unpaired) electrons. The number of carbonyl (C=O) groups is 2. The van der Waals surface area contributed by atoms with Gasteiger partial charge in [0.15, 0.2) is 0 Å². The number of ether oxygens (including phenoxy) is 1. The van der Waals surface area contributed by atoms with Gasteiger partial charge in [-0.1, -0.05) is 54.6 Å². The molecule has 1 atom stereocenters. The summed E-state index contributed by atoms with van der Waals surface area (Å²) in [5.74, 6) is -2.10. The smallest absolute Gasteiger partial charge is 0.295 e. The van der Waals surface area contributed by atoms with E-state index in [1.165, 1.54) is 29.2 Å². The molecule has 0 bridgehead atoms. The van der Waals surface area contributed by atoms with Crippen LogP contribution in [0, 0.1) is 5.82 Å². The summed E-state index contributed by atoms with van der Waals surface area (Å²) >= 11 is 0. The van der Waals surface area contributed by atoms with Crippen molar-refractivity contribution in [3.8, 4) is 0 Å². The summed E-state index contributed by atoms with van der Waals surface area (Å²) in [6.45, 7) is 0.690. The summed E-state index contributed by atoms with van der Waals surface area (Å²) in [7, 11) is 1.56. The molecular weight excluding hydrogens is 397 g/mol. The molecule has 0 spiro atoms. The molecule has 1 aliphatic heterocycles. The van der Waals surface area contributed by atoms with Gasteiger partial charge in [0, 0.05) is 25.8 Å². The minimum atomic E-state index is -0.809. The van der Waals surface area contributed by atoms with E-state index in [-0.39, 0.29) is 17.9 Å². The van der Waals surface area contributed by atoms with E-state index >= 15 is 0 Å². The molecule has 5 nitrogen and oxygen atoms in total. The van der Waals surface area contributed by atoms with Crippen molar-refractivity contribution in [2.45, 2.75) is 12.5 Å². The van der Waals surface area contributed by atoms with Gasteiger partial charge in [0.1, 0.15) is 11.6 Å². The van der Waals surface area contributed by atoms with Gasteiger partial charge in [-0.2, -0.15) is 0 Å². The molecule has 1 amide bonds. The number of ketones is 1. The molecule has 3 aromatic carbocycles. The van der Waals surface area contributed by atoms with E-state index in [1.807, 2.05) is 30.3 Å². The third kappa shape index (κ3) is 3.82. The Labute approximate surface area is 179 Å². The number of Topliss-reactive ketones (excluding diaryl/α,β-unsaturated/α-hetero) is 1. The highest BCUT2D eigenvalue weighted by Gasteiger charge is 2.45. The topological polar surface area (TPSA) is 66.8 Å². The molecule has 0 aliphatic carbocycles. The largest absolute Gasteiger partial charge is 0.507 e. The summed E-state index contributed by atoms with van der Waals surface area (Å²) < 4.78 is 18.6. The predicted molar refractivity (Wildman–Crippen MR) is 116 cm³/mol. The van der Waals surface area contributed by atoms with Crippen LogP contribution in [0.25, 0.3) is 16.5 Å². The zero-order valence-corrected chi connectivity index (χ0v) is 17.0. The maximum absolute atomic E-state index is 13.5. The predicted octanol–water partition coefficient (Wildman–Crippen LogP) is 4.44. The molecule has 3 aromatic rings. The molecule has 1 unspecified atom stereocenters. The quantitative estimate of drug-likeness (QED) is 0.278. The van der Waals surface area contributed by atoms with Gasteiger partial charge in [-0.05, 0) is 34.9 Å². The van der Waals surface area contributed by atoms with E-state index in [2.05, 4.69) is 0 Å². The van der Waals surface area contributed by atoms with Crippen LogP contribution in [0.5, 0.6) is 0 Å². The fourth-order valence-corrected chi connectivity index (χ4v) is 4.06. The van der Waals surface area contributed by atoms with E-state index < -0.39 is 23.5 Å². The monoisotopic (exact) mass is 419 g/mol. The fourth-order valence-electron chi connectivity index (χ4n) is 4.06. The van der Waals surface area contributed by atoms with Crippen molar-refractivity contribution in [1.82, 2.24) is 4.90 Å². The van der Waals surface area contributed by atoms with Gasteiger partial charge in [-0.15, -0.1) is 0 Å². The highest BCUT2D eigenvalue weighted by atomic mass is 19.1. The number of rotatable bonds is 6. The van der Waals surface area contributed by atoms with Crippen LogP contribution < -0.4 is 0 Å². The minimum Gasteiger partial charge on any atom is -0.507 e. The summed E-state index contributed by atoms with van der Waals surface area (Å²) in [5.41, 5.74) is 1.03. The van der Waals surface area contributed by atoms with Gasteiger partial charge < -0.3 is 14.7 Å². The second-order valence-electron chi connectivity index (χ2n) is 7.42. The SMILES string of the molecule is COCCCN1C(=O)C(=O)/C(=C(\O)c2cccc3ccccc23)C1c1ccc(F)cc1. The summed E-state index contributed by atoms with van der Waals surface area (Å²) in [4.78, 5) is 27.3. The maximum atomic E-state index is 13.5. The average Bonchev–Trinajstić information content (AvgIpc) is 3.04. The first kappa shape index (κ1) is 20.8. The summed E-state index contributed by atoms with van der Waals surface area (Å²) in [6, 6.07) is 17.7. The van der Waals surface area contributed by atoms with E-state index in [9.17, 15) is 19.1 Å². The second kappa shape index (κ2) is 8.70. The van der Waals surface area contributed by atoms with Crippen LogP contribution in [0.2, 0.25) is 0 Å². The Hall–Kier alpha value is -3.51. The summed E-state index contributed by atoms with van der Waals surface area (Å²) in [5, 5.41) is 12.9. The van der Waals surface area contributed by atoms with Crippen LogP contribution >= 0.6 is 0 Å². The van der Waals surface area contributed by atoms with Crippen molar-refractivity contribution in [2.24, 2.45) is 0 Å². The molecule has 4 rings (SSSR count). The number of aliphatic hydroxyl groups is 1. The highest BCUT2D eigenvalue weighted by molar-refractivity contribution is 6.46. The molecule has 6 heteroatoms. The lowest BCUT2D eigenvalue weighted by atomic mass is 9.93. The molecule has 0 aromatic heterocycles. The molecule has 1 heterocycles. The van der Waals surface area contributed by atoms with Crippen LogP contribution in [0.15, 0.2) is 72.3 Å². The Bertz CT molecular complexity index is 1160. The van der Waals surface area contributed by atoms with E-state index in [1.54, 1.807) is 19.2 Å². The first-order valence-corrected chi connectivity index (χ1v) is 10.0. The zero-order valence-electron chi connectivity index (χ0n) is 17.0. The standard InChI is InChI=1S/C25H22FNO4/c1-31-15-5-14-27-22(17-10-12-18(26)13-11-17)21(24(29)25(27)30)23(28)20-9-4-7-16-6-2-3-8-19(16)20/h2-4,6-13,22,28H,5,14-15H2,1H3/b23-21-. The minimum absolute atomic E-state index is 0.00498. The van der Waals surface area contributed by atoms with Crippen molar-refractivity contribution in [1.29, 1.82) is 0 Å². The zero-order chi connectivity index (χ0) is 22.0. The number of hydrogen-bond acceptors (Lipinski definition) is 4. The number of amides is 1. The van der Waals surface area contributed by atoms with Gasteiger partial charge in [-0.25, -0.2) is 4.39 Å².